The van der Waals surface area contributed by atoms with E-state index in [0.717, 1.165) is 42.1 Å². The largest absolute Gasteiger partial charge is 0.383 e. The van der Waals surface area contributed by atoms with Gasteiger partial charge in [-0.25, -0.2) is 0 Å². The van der Waals surface area contributed by atoms with E-state index in [9.17, 15) is 0 Å². The maximum absolute atomic E-state index is 6.43. The van der Waals surface area contributed by atoms with Crippen LogP contribution < -0.4 is 5.73 Å². The first kappa shape index (κ1) is 16.5. The van der Waals surface area contributed by atoms with Gasteiger partial charge in [0.2, 0.25) is 0 Å². The normalized spacial score (nSPS) is 31.9. The van der Waals surface area contributed by atoms with Gasteiger partial charge in [0.1, 0.15) is 11.4 Å². The predicted octanol–water partition coefficient (Wildman–Crippen LogP) is 3.94. The quantitative estimate of drug-likeness (QED) is 0.772. The third kappa shape index (κ3) is 1.99. The van der Waals surface area contributed by atoms with E-state index in [4.69, 9.17) is 15.5 Å². The monoisotopic (exact) mass is 411 g/mol. The van der Waals surface area contributed by atoms with E-state index >= 15 is 0 Å². The molecule has 0 radical (unpaired) electrons. The average Bonchev–Trinajstić information content (AvgIpc) is 3.11. The molecule has 1 aromatic carbocycles. The first-order valence-corrected chi connectivity index (χ1v) is 10.0. The van der Waals surface area contributed by atoms with Crippen LogP contribution in [0.15, 0.2) is 46.1 Å². The van der Waals surface area contributed by atoms with Crippen LogP contribution in [0.1, 0.15) is 47.9 Å². The van der Waals surface area contributed by atoms with Crippen LogP contribution in [0.5, 0.6) is 0 Å². The molecule has 5 rings (SSSR count). The minimum Gasteiger partial charge on any atom is -0.383 e. The molecule has 1 saturated carbocycles. The highest BCUT2D eigenvalue weighted by molar-refractivity contribution is 9.10. The summed E-state index contributed by atoms with van der Waals surface area (Å²) in [6, 6.07) is 8.63. The van der Waals surface area contributed by atoms with Crippen LogP contribution in [0.2, 0.25) is 0 Å². The van der Waals surface area contributed by atoms with E-state index < -0.39 is 5.54 Å². The topological polar surface area (TPSA) is 60.5 Å². The lowest BCUT2D eigenvalue weighted by Gasteiger charge is -2.46. The summed E-state index contributed by atoms with van der Waals surface area (Å²) in [6.07, 6.45) is 9.49. The number of hydrogen-bond donors (Lipinski definition) is 1. The molecule has 1 aromatic heterocycles. The van der Waals surface area contributed by atoms with Crippen LogP contribution in [0.3, 0.4) is 0 Å². The molecule has 2 heterocycles. The number of nitrogens with zero attached hydrogens (tertiary/aromatic N) is 2. The number of fused-ring (bicyclic) bond motifs is 5. The fourth-order valence-electron chi connectivity index (χ4n) is 5.55. The number of pyridine rings is 1. The summed E-state index contributed by atoms with van der Waals surface area (Å²) in [4.78, 5) is 9.64. The molecule has 2 aromatic rings. The Kier molecular flexibility index (Phi) is 3.57. The van der Waals surface area contributed by atoms with Crippen LogP contribution in [0, 0.1) is 5.41 Å². The second kappa shape index (κ2) is 5.64. The minimum atomic E-state index is -0.418. The first-order valence-electron chi connectivity index (χ1n) is 9.21. The van der Waals surface area contributed by atoms with E-state index in [0.29, 0.717) is 11.9 Å². The Hall–Kier alpha value is -1.72. The Bertz CT molecular complexity index is 917. The molecule has 2 N–H and O–H groups in total. The molecule has 2 aliphatic carbocycles. The van der Waals surface area contributed by atoms with Gasteiger partial charge in [-0.15, -0.1) is 0 Å². The summed E-state index contributed by atoms with van der Waals surface area (Å²) in [6.45, 7) is 0. The van der Waals surface area contributed by atoms with Crippen molar-refractivity contribution in [3.05, 3.63) is 63.4 Å². The zero-order valence-electron chi connectivity index (χ0n) is 14.8. The molecule has 1 aliphatic heterocycles. The van der Waals surface area contributed by atoms with Crippen molar-refractivity contribution in [3.8, 4) is 0 Å². The van der Waals surface area contributed by atoms with Crippen LogP contribution in [0.25, 0.3) is 0 Å². The number of aliphatic imine (C=N–C) groups is 1. The molecular weight excluding hydrogens is 390 g/mol. The molecule has 26 heavy (non-hydrogen) atoms. The summed E-state index contributed by atoms with van der Waals surface area (Å²) in [5.41, 5.74) is 10.9. The molecule has 4 nitrogen and oxygen atoms in total. The number of halogens is 1. The molecule has 0 bridgehead atoms. The molecule has 134 valence electrons. The fourth-order valence-corrected chi connectivity index (χ4v) is 5.91. The second-order valence-corrected chi connectivity index (χ2v) is 8.74. The zero-order chi connectivity index (χ0) is 17.9. The van der Waals surface area contributed by atoms with E-state index in [2.05, 4.69) is 39.1 Å². The van der Waals surface area contributed by atoms with E-state index in [1.807, 2.05) is 25.6 Å². The Morgan fingerprint density at radius 3 is 2.77 bits per heavy atom. The number of hydrogen-bond acceptors (Lipinski definition) is 4. The van der Waals surface area contributed by atoms with Gasteiger partial charge in [0, 0.05) is 40.5 Å². The number of ether oxygens (including phenoxy) is 1. The van der Waals surface area contributed by atoms with Gasteiger partial charge < -0.3 is 10.5 Å². The molecule has 1 atom stereocenters. The molecule has 0 saturated heterocycles. The second-order valence-electron chi connectivity index (χ2n) is 7.82. The Morgan fingerprint density at radius 1 is 1.19 bits per heavy atom. The maximum Gasteiger partial charge on any atom is 0.127 e. The Balaban J connectivity index is 1.76. The third-order valence-corrected chi connectivity index (χ3v) is 7.25. The van der Waals surface area contributed by atoms with Gasteiger partial charge in [-0.3, -0.25) is 9.98 Å². The van der Waals surface area contributed by atoms with Crippen LogP contribution in [-0.2, 0) is 16.7 Å². The van der Waals surface area contributed by atoms with Crippen molar-refractivity contribution in [2.75, 3.05) is 7.11 Å². The Morgan fingerprint density at radius 2 is 2.00 bits per heavy atom. The van der Waals surface area contributed by atoms with Crippen molar-refractivity contribution in [3.63, 3.8) is 0 Å². The number of benzene rings is 1. The van der Waals surface area contributed by atoms with Crippen molar-refractivity contribution >= 4 is 21.8 Å². The summed E-state index contributed by atoms with van der Waals surface area (Å²) in [5.74, 6) is 0.642. The summed E-state index contributed by atoms with van der Waals surface area (Å²) in [5, 5.41) is 0. The highest BCUT2D eigenvalue weighted by atomic mass is 79.9. The smallest absolute Gasteiger partial charge is 0.127 e. The van der Waals surface area contributed by atoms with Gasteiger partial charge in [0.25, 0.3) is 0 Å². The number of aromatic nitrogens is 1. The molecule has 0 amide bonds. The fraction of sp³-hybridized carbons (Fsp3) is 0.429. The van der Waals surface area contributed by atoms with Crippen LogP contribution >= 0.6 is 15.9 Å². The average molecular weight is 412 g/mol. The van der Waals surface area contributed by atoms with Gasteiger partial charge in [0.15, 0.2) is 0 Å². The maximum atomic E-state index is 6.43. The van der Waals surface area contributed by atoms with Crippen molar-refractivity contribution in [1.82, 2.24) is 4.98 Å². The number of amidine groups is 1. The van der Waals surface area contributed by atoms with Gasteiger partial charge in [-0.05, 0) is 61.4 Å². The molecular formula is C21H22BrN3O. The molecule has 1 unspecified atom stereocenters. The SMILES string of the molecule is COC1CCC2(CC1)Cc1ccc(Br)cc1C21N=C(N)c2ccncc21. The highest BCUT2D eigenvalue weighted by Gasteiger charge is 2.62. The van der Waals surface area contributed by atoms with Gasteiger partial charge in [-0.2, -0.15) is 0 Å². The van der Waals surface area contributed by atoms with E-state index in [1.54, 1.807) is 0 Å². The minimum absolute atomic E-state index is 0.0457. The molecule has 3 aliphatic rings. The lowest BCUT2D eigenvalue weighted by Crippen LogP contribution is -2.45. The van der Waals surface area contributed by atoms with Gasteiger partial charge >= 0.3 is 0 Å². The van der Waals surface area contributed by atoms with Gasteiger partial charge in [0.05, 0.1) is 6.10 Å². The first-order chi connectivity index (χ1) is 12.6. The Labute approximate surface area is 162 Å². The van der Waals surface area contributed by atoms with E-state index in [-0.39, 0.29) is 5.41 Å². The molecule has 1 fully saturated rings. The van der Waals surface area contributed by atoms with E-state index in [1.165, 1.54) is 16.7 Å². The molecule has 2 spiro atoms. The van der Waals surface area contributed by atoms with Crippen molar-refractivity contribution in [1.29, 1.82) is 0 Å². The summed E-state index contributed by atoms with van der Waals surface area (Å²) >= 11 is 3.67. The van der Waals surface area contributed by atoms with Crippen LogP contribution in [-0.4, -0.2) is 24.0 Å². The third-order valence-electron chi connectivity index (χ3n) is 6.76. The lowest BCUT2D eigenvalue weighted by atomic mass is 9.60. The molecule has 5 heteroatoms. The highest BCUT2D eigenvalue weighted by Crippen LogP contribution is 2.64. The van der Waals surface area contributed by atoms with Crippen molar-refractivity contribution < 1.29 is 4.74 Å². The summed E-state index contributed by atoms with van der Waals surface area (Å²) in [7, 11) is 1.82. The zero-order valence-corrected chi connectivity index (χ0v) is 16.4. The standard InChI is InChI=1S/C21H22BrN3O/c1-26-15-4-7-20(8-5-15)11-13-2-3-14(22)10-17(13)21(20)18-12-24-9-6-16(18)19(23)25-21/h2-3,6,9-10,12,15H,4-5,7-8,11H2,1H3,(H2,23,25). The van der Waals surface area contributed by atoms with Gasteiger partial charge in [-0.1, -0.05) is 22.0 Å². The number of rotatable bonds is 1. The number of methoxy groups -OCH3 is 1. The van der Waals surface area contributed by atoms with Crippen molar-refractivity contribution in [2.24, 2.45) is 16.1 Å². The predicted molar refractivity (Wildman–Crippen MR) is 105 cm³/mol. The lowest BCUT2D eigenvalue weighted by molar-refractivity contribution is 0.00679. The summed E-state index contributed by atoms with van der Waals surface area (Å²) < 4.78 is 6.74. The van der Waals surface area contributed by atoms with Crippen molar-refractivity contribution in [2.45, 2.75) is 43.7 Å². The number of nitrogens with two attached hydrogens (primary N) is 1. The van der Waals surface area contributed by atoms with Crippen LogP contribution in [0.4, 0.5) is 0 Å².